The SMILES string of the molecule is NCCN1CCCC(N2CCCC2)C1. The Kier molecular flexibility index (Phi) is 3.79. The quantitative estimate of drug-likeness (QED) is 0.715. The van der Waals surface area contributed by atoms with Crippen molar-refractivity contribution in [3.05, 3.63) is 0 Å². The Bertz CT molecular complexity index is 164. The van der Waals surface area contributed by atoms with Crippen LogP contribution in [-0.4, -0.2) is 55.1 Å². The molecule has 0 aromatic rings. The lowest BCUT2D eigenvalue weighted by Crippen LogP contribution is -2.48. The van der Waals surface area contributed by atoms with Crippen molar-refractivity contribution in [2.45, 2.75) is 31.7 Å². The lowest BCUT2D eigenvalue weighted by Gasteiger charge is -2.37. The van der Waals surface area contributed by atoms with Crippen molar-refractivity contribution in [3.8, 4) is 0 Å². The first kappa shape index (κ1) is 10.4. The molecule has 1 unspecified atom stereocenters. The molecule has 2 saturated heterocycles. The van der Waals surface area contributed by atoms with Crippen LogP contribution < -0.4 is 5.73 Å². The Morgan fingerprint density at radius 3 is 2.57 bits per heavy atom. The fourth-order valence-electron chi connectivity index (χ4n) is 2.82. The van der Waals surface area contributed by atoms with Crippen LogP contribution in [0.15, 0.2) is 0 Å². The van der Waals surface area contributed by atoms with Gasteiger partial charge in [0.2, 0.25) is 0 Å². The summed E-state index contributed by atoms with van der Waals surface area (Å²) in [5.41, 5.74) is 5.60. The van der Waals surface area contributed by atoms with E-state index in [0.717, 1.165) is 19.1 Å². The van der Waals surface area contributed by atoms with Crippen molar-refractivity contribution in [2.75, 3.05) is 39.3 Å². The fraction of sp³-hybridized carbons (Fsp3) is 1.00. The first-order chi connectivity index (χ1) is 6.90. The summed E-state index contributed by atoms with van der Waals surface area (Å²) in [6.45, 7) is 7.10. The van der Waals surface area contributed by atoms with Crippen LogP contribution in [0.25, 0.3) is 0 Å². The average molecular weight is 197 g/mol. The predicted molar refractivity (Wildman–Crippen MR) is 59.3 cm³/mol. The lowest BCUT2D eigenvalue weighted by atomic mass is 10.0. The molecule has 0 aliphatic carbocycles. The minimum atomic E-state index is 0.812. The van der Waals surface area contributed by atoms with E-state index in [1.165, 1.54) is 51.9 Å². The number of hydrogen-bond donors (Lipinski definition) is 1. The highest BCUT2D eigenvalue weighted by atomic mass is 15.2. The van der Waals surface area contributed by atoms with Crippen LogP contribution in [0, 0.1) is 0 Å². The molecule has 82 valence electrons. The molecule has 3 heteroatoms. The molecule has 0 aromatic heterocycles. The van der Waals surface area contributed by atoms with Crippen molar-refractivity contribution in [3.63, 3.8) is 0 Å². The van der Waals surface area contributed by atoms with Gasteiger partial charge in [-0.05, 0) is 45.3 Å². The third-order valence-electron chi connectivity index (χ3n) is 3.58. The van der Waals surface area contributed by atoms with E-state index in [0.29, 0.717) is 0 Å². The average Bonchev–Trinajstić information content (AvgIpc) is 2.71. The van der Waals surface area contributed by atoms with Crippen molar-refractivity contribution >= 4 is 0 Å². The summed E-state index contributed by atoms with van der Waals surface area (Å²) < 4.78 is 0. The molecule has 2 N–H and O–H groups in total. The van der Waals surface area contributed by atoms with Gasteiger partial charge < -0.3 is 10.6 Å². The number of hydrogen-bond acceptors (Lipinski definition) is 3. The van der Waals surface area contributed by atoms with Gasteiger partial charge in [0.1, 0.15) is 0 Å². The Morgan fingerprint density at radius 1 is 1.07 bits per heavy atom. The van der Waals surface area contributed by atoms with Gasteiger partial charge in [-0.3, -0.25) is 4.90 Å². The highest BCUT2D eigenvalue weighted by molar-refractivity contribution is 4.83. The van der Waals surface area contributed by atoms with E-state index in [1.807, 2.05) is 0 Å². The molecule has 2 rings (SSSR count). The normalized spacial score (nSPS) is 31.1. The predicted octanol–water partition coefficient (Wildman–Crippen LogP) is 0.505. The van der Waals surface area contributed by atoms with Crippen LogP contribution in [0.1, 0.15) is 25.7 Å². The molecule has 0 radical (unpaired) electrons. The largest absolute Gasteiger partial charge is 0.329 e. The van der Waals surface area contributed by atoms with Crippen LogP contribution in [0.4, 0.5) is 0 Å². The molecule has 0 aromatic carbocycles. The summed E-state index contributed by atoms with van der Waals surface area (Å²) in [4.78, 5) is 5.22. The van der Waals surface area contributed by atoms with Gasteiger partial charge >= 0.3 is 0 Å². The second kappa shape index (κ2) is 5.10. The Morgan fingerprint density at radius 2 is 1.86 bits per heavy atom. The van der Waals surface area contributed by atoms with Crippen molar-refractivity contribution in [1.82, 2.24) is 9.80 Å². The molecule has 2 aliphatic rings. The molecular formula is C11H23N3. The third kappa shape index (κ3) is 2.47. The Labute approximate surface area is 87.2 Å². The zero-order chi connectivity index (χ0) is 9.80. The number of nitrogens with zero attached hydrogens (tertiary/aromatic N) is 2. The highest BCUT2D eigenvalue weighted by Crippen LogP contribution is 2.19. The smallest absolute Gasteiger partial charge is 0.0223 e. The van der Waals surface area contributed by atoms with Crippen molar-refractivity contribution < 1.29 is 0 Å². The molecule has 0 spiro atoms. The van der Waals surface area contributed by atoms with E-state index < -0.39 is 0 Å². The van der Waals surface area contributed by atoms with E-state index in [-0.39, 0.29) is 0 Å². The number of piperidine rings is 1. The Balaban J connectivity index is 1.80. The molecule has 3 nitrogen and oxygen atoms in total. The standard InChI is InChI=1S/C11H23N3/c12-5-9-13-6-3-4-11(10-13)14-7-1-2-8-14/h11H,1-10,12H2. The monoisotopic (exact) mass is 197 g/mol. The van der Waals surface area contributed by atoms with Crippen LogP contribution >= 0.6 is 0 Å². The van der Waals surface area contributed by atoms with Gasteiger partial charge in [-0.1, -0.05) is 0 Å². The van der Waals surface area contributed by atoms with Gasteiger partial charge in [0.25, 0.3) is 0 Å². The fourth-order valence-corrected chi connectivity index (χ4v) is 2.82. The van der Waals surface area contributed by atoms with Crippen LogP contribution in [0.2, 0.25) is 0 Å². The Hall–Kier alpha value is -0.120. The molecule has 1 atom stereocenters. The van der Waals surface area contributed by atoms with Gasteiger partial charge in [0.15, 0.2) is 0 Å². The molecule has 0 bridgehead atoms. The molecule has 0 amide bonds. The zero-order valence-corrected chi connectivity index (χ0v) is 9.12. The summed E-state index contributed by atoms with van der Waals surface area (Å²) in [6, 6.07) is 0.831. The summed E-state index contributed by atoms with van der Waals surface area (Å²) >= 11 is 0. The third-order valence-corrected chi connectivity index (χ3v) is 3.58. The van der Waals surface area contributed by atoms with E-state index in [9.17, 15) is 0 Å². The molecular weight excluding hydrogens is 174 g/mol. The number of rotatable bonds is 3. The van der Waals surface area contributed by atoms with Crippen molar-refractivity contribution in [1.29, 1.82) is 0 Å². The second-order valence-electron chi connectivity index (χ2n) is 4.63. The summed E-state index contributed by atoms with van der Waals surface area (Å²) in [5.74, 6) is 0. The van der Waals surface area contributed by atoms with Gasteiger partial charge in [-0.25, -0.2) is 0 Å². The van der Waals surface area contributed by atoms with Gasteiger partial charge in [0.05, 0.1) is 0 Å². The summed E-state index contributed by atoms with van der Waals surface area (Å²) in [5, 5.41) is 0. The van der Waals surface area contributed by atoms with Crippen LogP contribution in [-0.2, 0) is 0 Å². The van der Waals surface area contributed by atoms with E-state index in [2.05, 4.69) is 9.80 Å². The summed E-state index contributed by atoms with van der Waals surface area (Å²) in [6.07, 6.45) is 5.59. The van der Waals surface area contributed by atoms with E-state index in [4.69, 9.17) is 5.73 Å². The van der Waals surface area contributed by atoms with Gasteiger partial charge in [0, 0.05) is 25.7 Å². The second-order valence-corrected chi connectivity index (χ2v) is 4.63. The maximum atomic E-state index is 5.60. The zero-order valence-electron chi connectivity index (χ0n) is 9.12. The van der Waals surface area contributed by atoms with Crippen molar-refractivity contribution in [2.24, 2.45) is 5.73 Å². The topological polar surface area (TPSA) is 32.5 Å². The molecule has 2 aliphatic heterocycles. The molecule has 0 saturated carbocycles. The molecule has 2 fully saturated rings. The summed E-state index contributed by atoms with van der Waals surface area (Å²) in [7, 11) is 0. The first-order valence-corrected chi connectivity index (χ1v) is 6.06. The minimum Gasteiger partial charge on any atom is -0.329 e. The number of likely N-dealkylation sites (tertiary alicyclic amines) is 2. The highest BCUT2D eigenvalue weighted by Gasteiger charge is 2.26. The maximum absolute atomic E-state index is 5.60. The van der Waals surface area contributed by atoms with Crippen LogP contribution in [0.3, 0.4) is 0 Å². The van der Waals surface area contributed by atoms with Crippen LogP contribution in [0.5, 0.6) is 0 Å². The van der Waals surface area contributed by atoms with Gasteiger partial charge in [-0.15, -0.1) is 0 Å². The minimum absolute atomic E-state index is 0.812. The first-order valence-electron chi connectivity index (χ1n) is 6.06. The van der Waals surface area contributed by atoms with Gasteiger partial charge in [-0.2, -0.15) is 0 Å². The molecule has 14 heavy (non-hydrogen) atoms. The molecule has 2 heterocycles. The number of nitrogens with two attached hydrogens (primary N) is 1. The lowest BCUT2D eigenvalue weighted by molar-refractivity contribution is 0.117. The van der Waals surface area contributed by atoms with E-state index in [1.54, 1.807) is 0 Å². The van der Waals surface area contributed by atoms with E-state index >= 15 is 0 Å². The maximum Gasteiger partial charge on any atom is 0.0223 e.